The number of aromatic nitrogens is 2. The van der Waals surface area contributed by atoms with E-state index in [-0.39, 0.29) is 17.0 Å². The molecule has 9 heteroatoms. The summed E-state index contributed by atoms with van der Waals surface area (Å²) in [5.41, 5.74) is 2.22. The number of aryl methyl sites for hydroxylation is 1. The van der Waals surface area contributed by atoms with E-state index in [1.807, 2.05) is 42.5 Å². The van der Waals surface area contributed by atoms with Crippen LogP contribution < -0.4 is 4.72 Å². The third-order valence-electron chi connectivity index (χ3n) is 4.10. The summed E-state index contributed by atoms with van der Waals surface area (Å²) in [5, 5.41) is 18.2. The van der Waals surface area contributed by atoms with Gasteiger partial charge in [0.15, 0.2) is 0 Å². The Morgan fingerprint density at radius 1 is 1.07 bits per heavy atom. The van der Waals surface area contributed by atoms with Gasteiger partial charge < -0.3 is 5.11 Å². The monoisotopic (exact) mass is 429 g/mol. The summed E-state index contributed by atoms with van der Waals surface area (Å²) in [6.45, 7) is 1.79. The second kappa shape index (κ2) is 9.17. The lowest BCUT2D eigenvalue weighted by Gasteiger charge is -2.08. The number of hydrogen-bond acceptors (Lipinski definition) is 6. The maximum absolute atomic E-state index is 12.4. The summed E-state index contributed by atoms with van der Waals surface area (Å²) in [4.78, 5) is 11.1. The molecule has 29 heavy (non-hydrogen) atoms. The van der Waals surface area contributed by atoms with E-state index in [0.29, 0.717) is 16.3 Å². The van der Waals surface area contributed by atoms with Crippen molar-refractivity contribution in [2.75, 3.05) is 12.3 Å². The van der Waals surface area contributed by atoms with Crippen LogP contribution in [0.15, 0.2) is 70.6 Å². The summed E-state index contributed by atoms with van der Waals surface area (Å²) in [5.74, 6) is -0.705. The second-order valence-corrected chi connectivity index (χ2v) is 9.03. The lowest BCUT2D eigenvalue weighted by atomic mass is 10.1. The van der Waals surface area contributed by atoms with Crippen LogP contribution in [0.1, 0.15) is 15.9 Å². The van der Waals surface area contributed by atoms with Crippen molar-refractivity contribution in [1.29, 1.82) is 0 Å². The molecule has 0 aliphatic carbocycles. The van der Waals surface area contributed by atoms with Crippen LogP contribution in [0.25, 0.3) is 11.3 Å². The Morgan fingerprint density at radius 2 is 1.83 bits per heavy atom. The van der Waals surface area contributed by atoms with Crippen molar-refractivity contribution in [2.45, 2.75) is 16.8 Å². The minimum Gasteiger partial charge on any atom is -0.478 e. The molecular formula is C20H19N3O4S2. The van der Waals surface area contributed by atoms with Gasteiger partial charge in [0.25, 0.3) is 0 Å². The van der Waals surface area contributed by atoms with Gasteiger partial charge in [-0.15, -0.1) is 22.0 Å². The van der Waals surface area contributed by atoms with Gasteiger partial charge in [-0.25, -0.2) is 17.9 Å². The van der Waals surface area contributed by atoms with Crippen LogP contribution in [-0.4, -0.2) is 42.0 Å². The number of carbonyl (C=O) groups is 1. The zero-order valence-corrected chi connectivity index (χ0v) is 17.2. The van der Waals surface area contributed by atoms with E-state index in [0.717, 1.165) is 11.3 Å². The molecule has 2 aromatic carbocycles. The van der Waals surface area contributed by atoms with Gasteiger partial charge in [0, 0.05) is 17.9 Å². The predicted octanol–water partition coefficient (Wildman–Crippen LogP) is 3.22. The average molecular weight is 430 g/mol. The van der Waals surface area contributed by atoms with Crippen molar-refractivity contribution in [1.82, 2.24) is 14.9 Å². The second-order valence-electron chi connectivity index (χ2n) is 6.15. The van der Waals surface area contributed by atoms with E-state index >= 15 is 0 Å². The first-order valence-corrected chi connectivity index (χ1v) is 11.2. The third kappa shape index (κ3) is 5.41. The fraction of sp³-hybridized carbons (Fsp3) is 0.150. The van der Waals surface area contributed by atoms with Crippen LogP contribution in [0.5, 0.6) is 0 Å². The minimum atomic E-state index is -3.79. The molecule has 7 nitrogen and oxygen atoms in total. The van der Waals surface area contributed by atoms with Gasteiger partial charge in [-0.2, -0.15) is 0 Å². The number of thioether (sulfide) groups is 1. The van der Waals surface area contributed by atoms with Crippen LogP contribution in [0.3, 0.4) is 0 Å². The summed E-state index contributed by atoms with van der Waals surface area (Å²) in [7, 11) is -3.79. The van der Waals surface area contributed by atoms with Crippen molar-refractivity contribution in [3.63, 3.8) is 0 Å². The van der Waals surface area contributed by atoms with E-state index in [9.17, 15) is 13.2 Å². The molecule has 0 atom stereocenters. The standard InChI is InChI=1S/C20H19N3O4S2/c1-14-7-8-16(13-17(14)20(24)25)29(26,27)21-11-12-28-19-10-9-18(22-23-19)15-5-3-2-4-6-15/h2-10,13,21H,11-12H2,1H3,(H,24,25). The highest BCUT2D eigenvalue weighted by atomic mass is 32.2. The number of carboxylic acids is 1. The number of carboxylic acid groups (broad SMARTS) is 1. The Bertz CT molecular complexity index is 1100. The molecule has 0 radical (unpaired) electrons. The molecule has 0 saturated heterocycles. The number of hydrogen-bond donors (Lipinski definition) is 2. The number of nitrogens with zero attached hydrogens (tertiary/aromatic N) is 2. The normalized spacial score (nSPS) is 11.3. The van der Waals surface area contributed by atoms with Crippen molar-refractivity contribution in [3.8, 4) is 11.3 Å². The minimum absolute atomic E-state index is 0.0315. The molecule has 3 aromatic rings. The van der Waals surface area contributed by atoms with Gasteiger partial charge in [0.05, 0.1) is 16.2 Å². The topological polar surface area (TPSA) is 109 Å². The SMILES string of the molecule is Cc1ccc(S(=O)(=O)NCCSc2ccc(-c3ccccc3)nn2)cc1C(=O)O. The van der Waals surface area contributed by atoms with E-state index in [4.69, 9.17) is 5.11 Å². The summed E-state index contributed by atoms with van der Waals surface area (Å²) < 4.78 is 27.3. The highest BCUT2D eigenvalue weighted by Gasteiger charge is 2.17. The predicted molar refractivity (Wildman–Crippen MR) is 112 cm³/mol. The van der Waals surface area contributed by atoms with Gasteiger partial charge in [0.1, 0.15) is 5.03 Å². The number of rotatable bonds is 8. The zero-order chi connectivity index (χ0) is 20.9. The molecule has 1 heterocycles. The Hall–Kier alpha value is -2.75. The molecule has 150 valence electrons. The number of aromatic carboxylic acids is 1. The molecular weight excluding hydrogens is 410 g/mol. The molecule has 0 aliphatic heterocycles. The van der Waals surface area contributed by atoms with E-state index < -0.39 is 16.0 Å². The van der Waals surface area contributed by atoms with Crippen LogP contribution in [-0.2, 0) is 10.0 Å². The van der Waals surface area contributed by atoms with E-state index in [1.54, 1.807) is 6.92 Å². The Labute approximate surface area is 173 Å². The Balaban J connectivity index is 1.56. The molecule has 1 aromatic heterocycles. The number of nitrogens with one attached hydrogen (secondary N) is 1. The largest absolute Gasteiger partial charge is 0.478 e. The van der Waals surface area contributed by atoms with Crippen molar-refractivity contribution < 1.29 is 18.3 Å². The van der Waals surface area contributed by atoms with E-state index in [2.05, 4.69) is 14.9 Å². The van der Waals surface area contributed by atoms with Crippen molar-refractivity contribution in [2.24, 2.45) is 0 Å². The fourth-order valence-corrected chi connectivity index (χ4v) is 4.44. The maximum Gasteiger partial charge on any atom is 0.335 e. The molecule has 0 unspecified atom stereocenters. The zero-order valence-electron chi connectivity index (χ0n) is 15.6. The first-order valence-electron chi connectivity index (χ1n) is 8.72. The quantitative estimate of drug-likeness (QED) is 0.418. The van der Waals surface area contributed by atoms with Crippen LogP contribution in [0.4, 0.5) is 0 Å². The fourth-order valence-electron chi connectivity index (χ4n) is 2.57. The first kappa shape index (κ1) is 21.0. The van der Waals surface area contributed by atoms with Gasteiger partial charge in [0.2, 0.25) is 10.0 Å². The first-order chi connectivity index (χ1) is 13.9. The highest BCUT2D eigenvalue weighted by Crippen LogP contribution is 2.20. The van der Waals surface area contributed by atoms with Crippen molar-refractivity contribution >= 4 is 27.8 Å². The Morgan fingerprint density at radius 3 is 2.48 bits per heavy atom. The number of benzene rings is 2. The number of sulfonamides is 1. The van der Waals surface area contributed by atoms with Gasteiger partial charge in [-0.1, -0.05) is 36.4 Å². The van der Waals surface area contributed by atoms with Gasteiger partial charge in [-0.05, 0) is 36.8 Å². The van der Waals surface area contributed by atoms with Crippen molar-refractivity contribution in [3.05, 3.63) is 71.8 Å². The molecule has 0 aliphatic rings. The smallest absolute Gasteiger partial charge is 0.335 e. The van der Waals surface area contributed by atoms with Gasteiger partial charge >= 0.3 is 5.97 Å². The summed E-state index contributed by atoms with van der Waals surface area (Å²) in [6.07, 6.45) is 0. The highest BCUT2D eigenvalue weighted by molar-refractivity contribution is 7.99. The maximum atomic E-state index is 12.4. The molecule has 0 amide bonds. The molecule has 2 N–H and O–H groups in total. The lowest BCUT2D eigenvalue weighted by molar-refractivity contribution is 0.0696. The third-order valence-corrected chi connectivity index (χ3v) is 6.48. The molecule has 0 fully saturated rings. The molecule has 0 saturated carbocycles. The van der Waals surface area contributed by atoms with Crippen LogP contribution >= 0.6 is 11.8 Å². The average Bonchev–Trinajstić information content (AvgIpc) is 2.72. The molecule has 3 rings (SSSR count). The summed E-state index contributed by atoms with van der Waals surface area (Å²) >= 11 is 1.38. The van der Waals surface area contributed by atoms with E-state index in [1.165, 1.54) is 30.0 Å². The van der Waals surface area contributed by atoms with Crippen LogP contribution in [0, 0.1) is 6.92 Å². The molecule has 0 bridgehead atoms. The lowest BCUT2D eigenvalue weighted by Crippen LogP contribution is -2.26. The van der Waals surface area contributed by atoms with Crippen LogP contribution in [0.2, 0.25) is 0 Å². The molecule has 0 spiro atoms. The van der Waals surface area contributed by atoms with Gasteiger partial charge in [-0.3, -0.25) is 0 Å². The summed E-state index contributed by atoms with van der Waals surface area (Å²) in [6, 6.07) is 17.4. The Kier molecular flexibility index (Phi) is 6.63.